The van der Waals surface area contributed by atoms with Crippen LogP contribution in [0.25, 0.3) is 0 Å². The molecule has 0 saturated heterocycles. The fourth-order valence-corrected chi connectivity index (χ4v) is 2.51. The normalized spacial score (nSPS) is 10.4. The summed E-state index contributed by atoms with van der Waals surface area (Å²) in [6.45, 7) is 2.14. The smallest absolute Gasteiger partial charge is 0.326 e. The molecule has 0 radical (unpaired) electrons. The van der Waals surface area contributed by atoms with Gasteiger partial charge in [0.15, 0.2) is 0 Å². The average Bonchev–Trinajstić information content (AvgIpc) is 2.77. The van der Waals surface area contributed by atoms with Gasteiger partial charge in [0.25, 0.3) is 0 Å². The van der Waals surface area contributed by atoms with Crippen LogP contribution in [0.1, 0.15) is 17.7 Å². The molecule has 0 fully saturated rings. The molecule has 0 amide bonds. The summed E-state index contributed by atoms with van der Waals surface area (Å²) in [7, 11) is 0. The third kappa shape index (κ3) is 4.03. The number of thiazole rings is 1. The van der Waals surface area contributed by atoms with Gasteiger partial charge in [-0.1, -0.05) is 17.4 Å². The van der Waals surface area contributed by atoms with E-state index in [-0.39, 0.29) is 17.4 Å². The van der Waals surface area contributed by atoms with Crippen LogP contribution in [0.2, 0.25) is 0 Å². The minimum Gasteiger partial charge on any atom is -0.464 e. The van der Waals surface area contributed by atoms with Crippen LogP contribution in [0.3, 0.4) is 0 Å². The van der Waals surface area contributed by atoms with Crippen LogP contribution in [0, 0.1) is 6.92 Å². The molecule has 2 heterocycles. The first-order valence-corrected chi connectivity index (χ1v) is 7.24. The number of carbonyl (C=O) groups excluding carboxylic acids is 1. The zero-order valence-electron chi connectivity index (χ0n) is 11.2. The van der Waals surface area contributed by atoms with Crippen molar-refractivity contribution in [3.63, 3.8) is 0 Å². The Morgan fingerprint density at radius 2 is 2.35 bits per heavy atom. The predicted octanol–water partition coefficient (Wildman–Crippen LogP) is 1.79. The zero-order valence-corrected chi connectivity index (χ0v) is 12.1. The Kier molecular flexibility index (Phi) is 5.06. The lowest BCUT2D eigenvalue weighted by molar-refractivity contribution is -0.144. The van der Waals surface area contributed by atoms with Gasteiger partial charge in [-0.05, 0) is 31.4 Å². The Labute approximate surface area is 120 Å². The highest BCUT2D eigenvalue weighted by atomic mass is 32.1. The predicted molar refractivity (Wildman–Crippen MR) is 76.8 cm³/mol. The highest BCUT2D eigenvalue weighted by Gasteiger charge is 2.09. The van der Waals surface area contributed by atoms with Crippen LogP contribution in [0.5, 0.6) is 0 Å². The van der Waals surface area contributed by atoms with Crippen LogP contribution >= 0.6 is 11.3 Å². The standard InChI is InChI=1S/C14H16N2O3S/c1-11-10-20-14(18)16(11)9-13(17)19-7-3-5-12-4-2-6-15-8-12/h2,4,6,8,10H,3,5,7,9H2,1H3. The number of nitrogens with zero attached hydrogens (tertiary/aromatic N) is 2. The van der Waals surface area contributed by atoms with Crippen molar-refractivity contribution < 1.29 is 9.53 Å². The van der Waals surface area contributed by atoms with Gasteiger partial charge in [0.1, 0.15) is 6.54 Å². The number of hydrogen-bond donors (Lipinski definition) is 0. The molecule has 2 rings (SSSR count). The Bertz CT molecular complexity index is 619. The summed E-state index contributed by atoms with van der Waals surface area (Å²) < 4.78 is 6.56. The molecule has 20 heavy (non-hydrogen) atoms. The summed E-state index contributed by atoms with van der Waals surface area (Å²) in [6.07, 6.45) is 5.09. The van der Waals surface area contributed by atoms with Crippen molar-refractivity contribution in [1.29, 1.82) is 0 Å². The molecule has 0 aliphatic rings. The van der Waals surface area contributed by atoms with E-state index in [2.05, 4.69) is 4.98 Å². The third-order valence-electron chi connectivity index (χ3n) is 2.86. The largest absolute Gasteiger partial charge is 0.464 e. The summed E-state index contributed by atoms with van der Waals surface area (Å²) >= 11 is 1.09. The molecule has 2 aromatic heterocycles. The summed E-state index contributed by atoms with van der Waals surface area (Å²) in [5.41, 5.74) is 1.90. The Balaban J connectivity index is 1.72. The van der Waals surface area contributed by atoms with E-state index in [0.29, 0.717) is 6.61 Å². The van der Waals surface area contributed by atoms with Crippen molar-refractivity contribution in [2.75, 3.05) is 6.61 Å². The average molecular weight is 292 g/mol. The second kappa shape index (κ2) is 7.00. The maximum atomic E-state index is 11.6. The van der Waals surface area contributed by atoms with Gasteiger partial charge in [0, 0.05) is 23.5 Å². The van der Waals surface area contributed by atoms with Gasteiger partial charge in [-0.25, -0.2) is 0 Å². The molecule has 0 bridgehead atoms. The van der Waals surface area contributed by atoms with Crippen LogP contribution in [-0.4, -0.2) is 22.1 Å². The fourth-order valence-electron chi connectivity index (χ4n) is 1.78. The van der Waals surface area contributed by atoms with Gasteiger partial charge >= 0.3 is 10.8 Å². The molecular formula is C14H16N2O3S. The lowest BCUT2D eigenvalue weighted by atomic mass is 10.2. The molecule has 0 saturated carbocycles. The topological polar surface area (TPSA) is 61.2 Å². The molecule has 0 unspecified atom stereocenters. The Morgan fingerprint density at radius 1 is 1.50 bits per heavy atom. The third-order valence-corrected chi connectivity index (χ3v) is 3.74. The molecule has 0 aromatic carbocycles. The summed E-state index contributed by atoms with van der Waals surface area (Å²) in [4.78, 5) is 27.0. The highest BCUT2D eigenvalue weighted by molar-refractivity contribution is 7.07. The molecule has 0 spiro atoms. The summed E-state index contributed by atoms with van der Waals surface area (Å²) in [5.74, 6) is -0.375. The first kappa shape index (κ1) is 14.5. The van der Waals surface area contributed by atoms with Gasteiger partial charge < -0.3 is 4.74 Å². The quantitative estimate of drug-likeness (QED) is 0.601. The van der Waals surface area contributed by atoms with E-state index >= 15 is 0 Å². The number of carbonyl (C=O) groups is 1. The van der Waals surface area contributed by atoms with Crippen molar-refractivity contribution in [3.05, 3.63) is 50.8 Å². The molecule has 106 valence electrons. The first-order valence-electron chi connectivity index (χ1n) is 6.36. The fraction of sp³-hybridized carbons (Fsp3) is 0.357. The Morgan fingerprint density at radius 3 is 3.00 bits per heavy atom. The lowest BCUT2D eigenvalue weighted by Gasteiger charge is -2.06. The first-order chi connectivity index (χ1) is 9.66. The van der Waals surface area contributed by atoms with Crippen LogP contribution in [0.4, 0.5) is 0 Å². The van der Waals surface area contributed by atoms with Crippen LogP contribution in [0.15, 0.2) is 34.7 Å². The molecule has 0 aliphatic heterocycles. The van der Waals surface area contributed by atoms with Gasteiger partial charge in [0.2, 0.25) is 0 Å². The van der Waals surface area contributed by atoms with Gasteiger partial charge in [0.05, 0.1) is 6.61 Å². The highest BCUT2D eigenvalue weighted by Crippen LogP contribution is 2.02. The monoisotopic (exact) mass is 292 g/mol. The van der Waals surface area contributed by atoms with Crippen molar-refractivity contribution in [3.8, 4) is 0 Å². The molecule has 2 aromatic rings. The van der Waals surface area contributed by atoms with E-state index in [9.17, 15) is 9.59 Å². The van der Waals surface area contributed by atoms with E-state index in [1.54, 1.807) is 24.7 Å². The molecule has 0 atom stereocenters. The Hall–Kier alpha value is -1.95. The minimum absolute atomic E-state index is 0.0128. The van der Waals surface area contributed by atoms with Gasteiger partial charge in [-0.3, -0.25) is 19.1 Å². The van der Waals surface area contributed by atoms with Gasteiger partial charge in [-0.2, -0.15) is 0 Å². The maximum absolute atomic E-state index is 11.6. The number of pyridine rings is 1. The second-order valence-corrected chi connectivity index (χ2v) is 5.24. The maximum Gasteiger partial charge on any atom is 0.326 e. The number of rotatable bonds is 6. The summed E-state index contributed by atoms with van der Waals surface area (Å²) in [5, 5.41) is 1.73. The number of hydrogen-bond acceptors (Lipinski definition) is 5. The molecule has 0 N–H and O–H groups in total. The van der Waals surface area contributed by atoms with E-state index < -0.39 is 0 Å². The van der Waals surface area contributed by atoms with E-state index in [4.69, 9.17) is 4.74 Å². The zero-order chi connectivity index (χ0) is 14.4. The second-order valence-electron chi connectivity index (χ2n) is 4.41. The van der Waals surface area contributed by atoms with E-state index in [1.165, 1.54) is 4.57 Å². The van der Waals surface area contributed by atoms with Crippen LogP contribution < -0.4 is 4.87 Å². The van der Waals surface area contributed by atoms with E-state index in [0.717, 1.165) is 35.4 Å². The van der Waals surface area contributed by atoms with Crippen molar-refractivity contribution in [2.45, 2.75) is 26.3 Å². The van der Waals surface area contributed by atoms with Crippen molar-refractivity contribution in [1.82, 2.24) is 9.55 Å². The number of aromatic nitrogens is 2. The van der Waals surface area contributed by atoms with Crippen LogP contribution in [-0.2, 0) is 22.5 Å². The lowest BCUT2D eigenvalue weighted by Crippen LogP contribution is -2.22. The molecule has 0 aliphatic carbocycles. The molecule has 5 nitrogen and oxygen atoms in total. The SMILES string of the molecule is Cc1csc(=O)n1CC(=O)OCCCc1cccnc1. The van der Waals surface area contributed by atoms with Crippen molar-refractivity contribution in [2.24, 2.45) is 0 Å². The minimum atomic E-state index is -0.375. The summed E-state index contributed by atoms with van der Waals surface area (Å²) in [6, 6.07) is 3.87. The number of esters is 1. The number of aryl methyl sites for hydroxylation is 2. The van der Waals surface area contributed by atoms with Gasteiger partial charge in [-0.15, -0.1) is 0 Å². The molecular weight excluding hydrogens is 276 g/mol. The number of ether oxygens (including phenoxy) is 1. The van der Waals surface area contributed by atoms with E-state index in [1.807, 2.05) is 12.1 Å². The molecule has 6 heteroatoms. The van der Waals surface area contributed by atoms with Crippen molar-refractivity contribution >= 4 is 17.3 Å².